The molecule has 1 atom stereocenters. The van der Waals surface area contributed by atoms with Crippen LogP contribution in [0.2, 0.25) is 0 Å². The summed E-state index contributed by atoms with van der Waals surface area (Å²) in [5.41, 5.74) is 0.186. The van der Waals surface area contributed by atoms with E-state index < -0.39 is 17.9 Å². The Bertz CT molecular complexity index is 698. The first-order valence-corrected chi connectivity index (χ1v) is 5.94. The maximum absolute atomic E-state index is 12.1. The summed E-state index contributed by atoms with van der Waals surface area (Å²) in [4.78, 5) is 27.2. The number of carbonyl (C=O) groups excluding carboxylic acids is 1. The SMILES string of the molecule is C#CCC(NC(=O)c1nccc2ccccc12)C(=O)O. The van der Waals surface area contributed by atoms with Crippen LogP contribution in [0.5, 0.6) is 0 Å². The number of benzene rings is 1. The van der Waals surface area contributed by atoms with Crippen molar-refractivity contribution in [1.82, 2.24) is 10.3 Å². The van der Waals surface area contributed by atoms with Crippen molar-refractivity contribution in [2.75, 3.05) is 0 Å². The van der Waals surface area contributed by atoms with E-state index in [0.29, 0.717) is 5.39 Å². The summed E-state index contributed by atoms with van der Waals surface area (Å²) in [5.74, 6) is 0.506. The van der Waals surface area contributed by atoms with Gasteiger partial charge in [-0.3, -0.25) is 9.78 Å². The number of pyridine rings is 1. The maximum atomic E-state index is 12.1. The van der Waals surface area contributed by atoms with E-state index >= 15 is 0 Å². The molecule has 0 fully saturated rings. The minimum Gasteiger partial charge on any atom is -0.480 e. The molecule has 2 rings (SSSR count). The van der Waals surface area contributed by atoms with Crippen molar-refractivity contribution in [3.05, 3.63) is 42.2 Å². The summed E-state index contributed by atoms with van der Waals surface area (Å²) in [5, 5.41) is 12.9. The van der Waals surface area contributed by atoms with Crippen molar-refractivity contribution < 1.29 is 14.7 Å². The molecule has 1 unspecified atom stereocenters. The average molecular weight is 268 g/mol. The minimum absolute atomic E-state index is 0.0775. The van der Waals surface area contributed by atoms with Crippen LogP contribution in [-0.2, 0) is 4.79 Å². The summed E-state index contributed by atoms with van der Waals surface area (Å²) < 4.78 is 0. The molecule has 0 radical (unpaired) electrons. The van der Waals surface area contributed by atoms with Crippen LogP contribution in [0.3, 0.4) is 0 Å². The second-order valence-electron chi connectivity index (χ2n) is 4.15. The fourth-order valence-corrected chi connectivity index (χ4v) is 1.85. The van der Waals surface area contributed by atoms with Crippen LogP contribution in [0.4, 0.5) is 0 Å². The highest BCUT2D eigenvalue weighted by atomic mass is 16.4. The van der Waals surface area contributed by atoms with Crippen molar-refractivity contribution in [3.8, 4) is 12.3 Å². The van der Waals surface area contributed by atoms with E-state index in [9.17, 15) is 9.59 Å². The lowest BCUT2D eigenvalue weighted by Gasteiger charge is -2.12. The number of rotatable bonds is 4. The van der Waals surface area contributed by atoms with E-state index in [2.05, 4.69) is 16.2 Å². The summed E-state index contributed by atoms with van der Waals surface area (Å²) in [6, 6.07) is 7.91. The van der Waals surface area contributed by atoms with Gasteiger partial charge in [0.1, 0.15) is 11.7 Å². The number of amides is 1. The van der Waals surface area contributed by atoms with Gasteiger partial charge in [0.25, 0.3) is 5.91 Å². The van der Waals surface area contributed by atoms with Crippen molar-refractivity contribution in [3.63, 3.8) is 0 Å². The Kier molecular flexibility index (Phi) is 3.96. The second-order valence-corrected chi connectivity index (χ2v) is 4.15. The van der Waals surface area contributed by atoms with Crippen LogP contribution in [0, 0.1) is 12.3 Å². The van der Waals surface area contributed by atoms with Crippen LogP contribution in [0.1, 0.15) is 16.9 Å². The minimum atomic E-state index is -1.17. The first kappa shape index (κ1) is 13.6. The molecular weight excluding hydrogens is 256 g/mol. The fraction of sp³-hybridized carbons (Fsp3) is 0.133. The molecule has 100 valence electrons. The average Bonchev–Trinajstić information content (AvgIpc) is 2.46. The van der Waals surface area contributed by atoms with Gasteiger partial charge in [0.15, 0.2) is 0 Å². The van der Waals surface area contributed by atoms with Crippen molar-refractivity contribution in [1.29, 1.82) is 0 Å². The Hall–Kier alpha value is -2.87. The zero-order valence-electron chi connectivity index (χ0n) is 10.5. The third kappa shape index (κ3) is 2.75. The first-order valence-electron chi connectivity index (χ1n) is 5.94. The van der Waals surface area contributed by atoms with E-state index in [-0.39, 0.29) is 12.1 Å². The number of carboxylic acids is 1. The molecular formula is C15H12N2O3. The van der Waals surface area contributed by atoms with Gasteiger partial charge < -0.3 is 10.4 Å². The molecule has 5 heteroatoms. The summed E-state index contributed by atoms with van der Waals surface area (Å²) >= 11 is 0. The molecule has 2 N–H and O–H groups in total. The van der Waals surface area contributed by atoms with E-state index in [0.717, 1.165) is 5.39 Å². The maximum Gasteiger partial charge on any atom is 0.327 e. The molecule has 0 bridgehead atoms. The van der Waals surface area contributed by atoms with E-state index in [1.165, 1.54) is 6.20 Å². The molecule has 1 amide bonds. The fourth-order valence-electron chi connectivity index (χ4n) is 1.85. The van der Waals surface area contributed by atoms with Gasteiger partial charge in [0, 0.05) is 18.0 Å². The lowest BCUT2D eigenvalue weighted by atomic mass is 10.1. The number of nitrogens with one attached hydrogen (secondary N) is 1. The van der Waals surface area contributed by atoms with Gasteiger partial charge in [-0.1, -0.05) is 24.3 Å². The second kappa shape index (κ2) is 5.85. The number of aliphatic carboxylic acids is 1. The van der Waals surface area contributed by atoms with Crippen molar-refractivity contribution in [2.24, 2.45) is 0 Å². The molecule has 0 saturated carbocycles. The number of nitrogens with zero attached hydrogens (tertiary/aromatic N) is 1. The Morgan fingerprint density at radius 1 is 1.35 bits per heavy atom. The highest BCUT2D eigenvalue weighted by molar-refractivity contribution is 6.06. The highest BCUT2D eigenvalue weighted by Gasteiger charge is 2.21. The number of carbonyl (C=O) groups is 2. The predicted octanol–water partition coefficient (Wildman–Crippen LogP) is 1.44. The molecule has 20 heavy (non-hydrogen) atoms. The van der Waals surface area contributed by atoms with Crippen LogP contribution < -0.4 is 5.32 Å². The lowest BCUT2D eigenvalue weighted by molar-refractivity contribution is -0.139. The van der Waals surface area contributed by atoms with Gasteiger partial charge in [-0.2, -0.15) is 0 Å². The molecule has 0 aliphatic carbocycles. The van der Waals surface area contributed by atoms with Gasteiger partial charge in [-0.25, -0.2) is 4.79 Å². The Morgan fingerprint density at radius 3 is 2.80 bits per heavy atom. The monoisotopic (exact) mass is 268 g/mol. The lowest BCUT2D eigenvalue weighted by Crippen LogP contribution is -2.40. The van der Waals surface area contributed by atoms with Gasteiger partial charge in [0.05, 0.1) is 0 Å². The first-order chi connectivity index (χ1) is 9.63. The zero-order valence-corrected chi connectivity index (χ0v) is 10.5. The van der Waals surface area contributed by atoms with Crippen molar-refractivity contribution in [2.45, 2.75) is 12.5 Å². The molecule has 0 aliphatic rings. The predicted molar refractivity (Wildman–Crippen MR) is 74.1 cm³/mol. The number of hydrogen-bond acceptors (Lipinski definition) is 3. The highest BCUT2D eigenvalue weighted by Crippen LogP contribution is 2.16. The molecule has 0 aliphatic heterocycles. The normalized spacial score (nSPS) is 11.6. The largest absolute Gasteiger partial charge is 0.480 e. The standard InChI is InChI=1S/C15H12N2O3/c1-2-5-12(15(19)20)17-14(18)13-11-7-4-3-6-10(11)8-9-16-13/h1,3-4,6-9,12H,5H2,(H,17,18)(H,19,20). The van der Waals surface area contributed by atoms with E-state index in [1.54, 1.807) is 18.2 Å². The van der Waals surface area contributed by atoms with Gasteiger partial charge in [0.2, 0.25) is 0 Å². The van der Waals surface area contributed by atoms with Crippen LogP contribution in [-0.4, -0.2) is 28.0 Å². The topological polar surface area (TPSA) is 79.3 Å². The quantitative estimate of drug-likeness (QED) is 0.822. The van der Waals surface area contributed by atoms with E-state index in [4.69, 9.17) is 11.5 Å². The summed E-state index contributed by atoms with van der Waals surface area (Å²) in [6.45, 7) is 0. The molecule has 1 aromatic carbocycles. The number of fused-ring (bicyclic) bond motifs is 1. The number of aromatic nitrogens is 1. The summed E-state index contributed by atoms with van der Waals surface area (Å²) in [6.07, 6.45) is 6.52. The molecule has 1 heterocycles. The smallest absolute Gasteiger partial charge is 0.327 e. The summed E-state index contributed by atoms with van der Waals surface area (Å²) in [7, 11) is 0. The number of terminal acetylenes is 1. The molecule has 1 aromatic heterocycles. The van der Waals surface area contributed by atoms with Gasteiger partial charge >= 0.3 is 5.97 Å². The van der Waals surface area contributed by atoms with Crippen LogP contribution >= 0.6 is 0 Å². The Morgan fingerprint density at radius 2 is 2.10 bits per heavy atom. The number of carboxylic acid groups (broad SMARTS) is 1. The number of hydrogen-bond donors (Lipinski definition) is 2. The Balaban J connectivity index is 2.32. The van der Waals surface area contributed by atoms with Gasteiger partial charge in [-0.15, -0.1) is 12.3 Å². The van der Waals surface area contributed by atoms with E-state index in [1.807, 2.05) is 12.1 Å². The molecule has 0 saturated heterocycles. The van der Waals surface area contributed by atoms with Gasteiger partial charge in [-0.05, 0) is 11.5 Å². The zero-order chi connectivity index (χ0) is 14.5. The van der Waals surface area contributed by atoms with Crippen LogP contribution in [0.15, 0.2) is 36.5 Å². The third-order valence-corrected chi connectivity index (χ3v) is 2.81. The third-order valence-electron chi connectivity index (χ3n) is 2.81. The van der Waals surface area contributed by atoms with Crippen molar-refractivity contribution >= 4 is 22.6 Å². The molecule has 2 aromatic rings. The Labute approximate surface area is 115 Å². The van der Waals surface area contributed by atoms with Crippen LogP contribution in [0.25, 0.3) is 10.8 Å². The molecule has 5 nitrogen and oxygen atoms in total. The molecule has 0 spiro atoms.